The molecule has 0 aromatic heterocycles. The fourth-order valence-corrected chi connectivity index (χ4v) is 3.19. The molecule has 1 aromatic rings. The number of benzene rings is 1. The number of amides is 1. The van der Waals surface area contributed by atoms with Gasteiger partial charge in [0.15, 0.2) is 0 Å². The molecule has 3 unspecified atom stereocenters. The lowest BCUT2D eigenvalue weighted by Gasteiger charge is -2.16. The number of carbonyl (C=O) groups is 2. The van der Waals surface area contributed by atoms with Crippen molar-refractivity contribution in [1.82, 2.24) is 0 Å². The second-order valence-corrected chi connectivity index (χ2v) is 6.35. The van der Waals surface area contributed by atoms with Crippen molar-refractivity contribution in [3.63, 3.8) is 0 Å². The van der Waals surface area contributed by atoms with Crippen LogP contribution >= 0.6 is 15.9 Å². The molecule has 0 aliphatic heterocycles. The molecule has 0 radical (unpaired) electrons. The Morgan fingerprint density at radius 2 is 1.95 bits per heavy atom. The molecule has 2 N–H and O–H groups in total. The summed E-state index contributed by atoms with van der Waals surface area (Å²) in [6.45, 7) is 3.93. The lowest BCUT2D eigenvalue weighted by atomic mass is 9.95. The van der Waals surface area contributed by atoms with Gasteiger partial charge in [-0.2, -0.15) is 0 Å². The molecule has 1 aliphatic rings. The van der Waals surface area contributed by atoms with Crippen LogP contribution in [0.15, 0.2) is 22.7 Å². The van der Waals surface area contributed by atoms with Crippen LogP contribution in [0.4, 0.5) is 5.69 Å². The van der Waals surface area contributed by atoms with Gasteiger partial charge < -0.3 is 10.4 Å². The van der Waals surface area contributed by atoms with Gasteiger partial charge in [0.05, 0.1) is 17.5 Å². The first-order valence-corrected chi connectivity index (χ1v) is 7.48. The molecule has 0 saturated heterocycles. The van der Waals surface area contributed by atoms with Crippen molar-refractivity contribution < 1.29 is 14.7 Å². The number of rotatable bonds is 3. The third-order valence-corrected chi connectivity index (χ3v) is 4.95. The van der Waals surface area contributed by atoms with E-state index in [1.165, 1.54) is 0 Å². The van der Waals surface area contributed by atoms with Gasteiger partial charge in [0, 0.05) is 4.47 Å². The number of anilines is 1. The number of hydrogen-bond acceptors (Lipinski definition) is 2. The number of aliphatic carboxylic acids is 1. The van der Waals surface area contributed by atoms with Crippen LogP contribution in [0.1, 0.15) is 25.3 Å². The minimum atomic E-state index is -0.877. The van der Waals surface area contributed by atoms with Gasteiger partial charge in [-0.05, 0) is 53.2 Å². The van der Waals surface area contributed by atoms with E-state index in [1.807, 2.05) is 32.0 Å². The highest BCUT2D eigenvalue weighted by Crippen LogP contribution is 2.37. The Labute approximate surface area is 126 Å². The number of carbonyl (C=O) groups excluding carboxylic acids is 1. The van der Waals surface area contributed by atoms with Gasteiger partial charge in [0.2, 0.25) is 5.91 Å². The van der Waals surface area contributed by atoms with Gasteiger partial charge in [-0.3, -0.25) is 9.59 Å². The average molecular weight is 340 g/mol. The molecule has 1 aliphatic carbocycles. The van der Waals surface area contributed by atoms with Crippen molar-refractivity contribution in [3.8, 4) is 0 Å². The summed E-state index contributed by atoms with van der Waals surface area (Å²) in [5.41, 5.74) is 1.72. The number of carboxylic acid groups (broad SMARTS) is 1. The predicted octanol–water partition coefficient (Wildman–Crippen LogP) is 3.44. The summed E-state index contributed by atoms with van der Waals surface area (Å²) in [5.74, 6) is -1.83. The Balaban J connectivity index is 2.15. The molecule has 1 fully saturated rings. The van der Waals surface area contributed by atoms with E-state index >= 15 is 0 Å². The monoisotopic (exact) mass is 339 g/mol. The van der Waals surface area contributed by atoms with Gasteiger partial charge in [-0.25, -0.2) is 0 Å². The molecule has 0 heterocycles. The summed E-state index contributed by atoms with van der Waals surface area (Å²) in [7, 11) is 0. The van der Waals surface area contributed by atoms with Gasteiger partial charge >= 0.3 is 5.97 Å². The lowest BCUT2D eigenvalue weighted by Crippen LogP contribution is -2.30. The number of nitrogens with one attached hydrogen (secondary N) is 1. The minimum Gasteiger partial charge on any atom is -0.481 e. The van der Waals surface area contributed by atoms with Crippen molar-refractivity contribution in [2.45, 2.75) is 26.7 Å². The van der Waals surface area contributed by atoms with Crippen LogP contribution in [0.25, 0.3) is 0 Å². The first-order chi connectivity index (χ1) is 9.40. The SMILES string of the molecule is Cc1cccc(NC(=O)C2CC(C)CC2C(=O)O)c1Br. The number of carboxylic acids is 1. The molecule has 5 heteroatoms. The molecule has 1 saturated carbocycles. The van der Waals surface area contributed by atoms with E-state index in [0.717, 1.165) is 10.0 Å². The highest BCUT2D eigenvalue weighted by Gasteiger charge is 2.41. The Bertz CT molecular complexity index is 544. The minimum absolute atomic E-state index is 0.201. The standard InChI is InChI=1S/C15H18BrNO3/c1-8-6-10(11(7-8)15(19)20)14(18)17-12-5-3-4-9(2)13(12)16/h3-5,8,10-11H,6-7H2,1-2H3,(H,17,18)(H,19,20). The molecule has 1 amide bonds. The van der Waals surface area contributed by atoms with Crippen LogP contribution in [0.3, 0.4) is 0 Å². The molecule has 2 rings (SSSR count). The fourth-order valence-electron chi connectivity index (χ4n) is 2.82. The highest BCUT2D eigenvalue weighted by atomic mass is 79.9. The maximum atomic E-state index is 12.3. The Kier molecular flexibility index (Phi) is 4.48. The second kappa shape index (κ2) is 5.95. The smallest absolute Gasteiger partial charge is 0.307 e. The molecule has 0 bridgehead atoms. The first-order valence-electron chi connectivity index (χ1n) is 6.69. The van der Waals surface area contributed by atoms with Crippen molar-refractivity contribution in [1.29, 1.82) is 0 Å². The van der Waals surface area contributed by atoms with Crippen LogP contribution in [-0.2, 0) is 9.59 Å². The second-order valence-electron chi connectivity index (χ2n) is 5.55. The quantitative estimate of drug-likeness (QED) is 0.886. The maximum absolute atomic E-state index is 12.3. The van der Waals surface area contributed by atoms with E-state index in [-0.39, 0.29) is 11.8 Å². The molecule has 20 heavy (non-hydrogen) atoms. The Hall–Kier alpha value is -1.36. The zero-order valence-electron chi connectivity index (χ0n) is 11.5. The van der Waals surface area contributed by atoms with Crippen molar-refractivity contribution in [2.24, 2.45) is 17.8 Å². The number of hydrogen-bond donors (Lipinski definition) is 2. The van der Waals surface area contributed by atoms with E-state index in [0.29, 0.717) is 18.5 Å². The van der Waals surface area contributed by atoms with Gasteiger partial charge in [-0.1, -0.05) is 19.1 Å². The third-order valence-electron chi connectivity index (χ3n) is 3.90. The lowest BCUT2D eigenvalue weighted by molar-refractivity contribution is -0.145. The molecule has 0 spiro atoms. The number of aryl methyl sites for hydroxylation is 1. The maximum Gasteiger partial charge on any atom is 0.307 e. The molecule has 3 atom stereocenters. The first kappa shape index (κ1) is 15.0. The van der Waals surface area contributed by atoms with Crippen LogP contribution in [-0.4, -0.2) is 17.0 Å². The fraction of sp³-hybridized carbons (Fsp3) is 0.467. The molecule has 1 aromatic carbocycles. The molecular formula is C15H18BrNO3. The number of halogens is 1. The topological polar surface area (TPSA) is 66.4 Å². The van der Waals surface area contributed by atoms with E-state index < -0.39 is 17.8 Å². The van der Waals surface area contributed by atoms with Gasteiger partial charge in [0.25, 0.3) is 0 Å². The van der Waals surface area contributed by atoms with Crippen molar-refractivity contribution in [2.75, 3.05) is 5.32 Å². The zero-order valence-corrected chi connectivity index (χ0v) is 13.1. The molecular weight excluding hydrogens is 322 g/mol. The van der Waals surface area contributed by atoms with E-state index in [2.05, 4.69) is 21.2 Å². The van der Waals surface area contributed by atoms with Crippen LogP contribution in [0.5, 0.6) is 0 Å². The summed E-state index contributed by atoms with van der Waals surface area (Å²) in [5, 5.41) is 12.1. The van der Waals surface area contributed by atoms with Gasteiger partial charge in [0.1, 0.15) is 0 Å². The highest BCUT2D eigenvalue weighted by molar-refractivity contribution is 9.10. The van der Waals surface area contributed by atoms with E-state index in [9.17, 15) is 14.7 Å². The molecule has 4 nitrogen and oxygen atoms in total. The van der Waals surface area contributed by atoms with E-state index in [1.54, 1.807) is 0 Å². The van der Waals surface area contributed by atoms with E-state index in [4.69, 9.17) is 0 Å². The summed E-state index contributed by atoms with van der Waals surface area (Å²) in [6.07, 6.45) is 1.20. The largest absolute Gasteiger partial charge is 0.481 e. The van der Waals surface area contributed by atoms with Crippen LogP contribution in [0, 0.1) is 24.7 Å². The Morgan fingerprint density at radius 1 is 1.30 bits per heavy atom. The van der Waals surface area contributed by atoms with Crippen LogP contribution < -0.4 is 5.32 Å². The zero-order chi connectivity index (χ0) is 14.9. The average Bonchev–Trinajstić information content (AvgIpc) is 2.77. The summed E-state index contributed by atoms with van der Waals surface area (Å²) >= 11 is 3.44. The Morgan fingerprint density at radius 3 is 2.60 bits per heavy atom. The summed E-state index contributed by atoms with van der Waals surface area (Å²) < 4.78 is 0.839. The van der Waals surface area contributed by atoms with Crippen molar-refractivity contribution >= 4 is 33.5 Å². The van der Waals surface area contributed by atoms with Crippen molar-refractivity contribution in [3.05, 3.63) is 28.2 Å². The summed E-state index contributed by atoms with van der Waals surface area (Å²) in [6, 6.07) is 5.61. The normalized spacial score (nSPS) is 25.4. The van der Waals surface area contributed by atoms with Gasteiger partial charge in [-0.15, -0.1) is 0 Å². The third kappa shape index (κ3) is 3.03. The van der Waals surface area contributed by atoms with Crippen LogP contribution in [0.2, 0.25) is 0 Å². The summed E-state index contributed by atoms with van der Waals surface area (Å²) in [4.78, 5) is 23.6. The molecule has 108 valence electrons. The predicted molar refractivity (Wildman–Crippen MR) is 80.5 cm³/mol.